The van der Waals surface area contributed by atoms with E-state index in [4.69, 9.17) is 16.0 Å². The molecule has 0 bridgehead atoms. The number of aromatic hydroxyl groups is 3. The molecule has 14 heteroatoms. The van der Waals surface area contributed by atoms with Crippen LogP contribution in [0.25, 0.3) is 55.8 Å². The lowest BCUT2D eigenvalue weighted by Gasteiger charge is -2.17. The molecule has 1 aromatic heterocycles. The predicted octanol–water partition coefficient (Wildman–Crippen LogP) is 6.77. The topological polar surface area (TPSA) is 215 Å². The number of phenolic OH excluding ortho intramolecular Hbond substituents is 3. The Morgan fingerprint density at radius 1 is 0.796 bits per heavy atom. The quantitative estimate of drug-likeness (QED) is 0.0770. The summed E-state index contributed by atoms with van der Waals surface area (Å²) in [6.45, 7) is 2.18. The molecule has 0 atom stereocenters. The predicted molar refractivity (Wildman–Crippen MR) is 200 cm³/mol. The van der Waals surface area contributed by atoms with Crippen molar-refractivity contribution in [3.8, 4) is 62.1 Å². The van der Waals surface area contributed by atoms with Gasteiger partial charge in [0.05, 0.1) is 10.6 Å². The summed E-state index contributed by atoms with van der Waals surface area (Å²) in [7, 11) is 0. The molecular formula is C40H29ClN4O9. The number of benzene rings is 5. The number of nitrogens with zero attached hydrogens (tertiary/aromatic N) is 1. The van der Waals surface area contributed by atoms with Crippen molar-refractivity contribution in [3.63, 3.8) is 0 Å². The van der Waals surface area contributed by atoms with E-state index >= 15 is 0 Å². The third-order valence-corrected chi connectivity index (χ3v) is 9.11. The van der Waals surface area contributed by atoms with Crippen molar-refractivity contribution in [2.45, 2.75) is 13.5 Å². The van der Waals surface area contributed by atoms with Gasteiger partial charge in [-0.1, -0.05) is 41.9 Å². The standard InChI is InChI=1S/C40H29ClN4O9/c1-2-42-39(51)37-34(36(44-45-37)28-16-29(41)31(49)17-30(28)48)20-5-3-19(4-6-20)18-43-38(50)21-7-10-24(27(13-21)40(52)53)35-25-11-8-22(46)14-32(25)54-33-15-23(47)9-12-26(33)35/h3-17,46,48-49H,2,18H2,1H3,(H,42,51)(H,43,50)(H,44,45)(H,52,53). The number of carboxylic acid groups (broad SMARTS) is 1. The zero-order valence-corrected chi connectivity index (χ0v) is 29.0. The maximum absolute atomic E-state index is 13.4. The van der Waals surface area contributed by atoms with E-state index in [1.165, 1.54) is 48.5 Å². The molecular weight excluding hydrogens is 716 g/mol. The Morgan fingerprint density at radius 2 is 1.56 bits per heavy atom. The molecule has 0 spiro atoms. The summed E-state index contributed by atoms with van der Waals surface area (Å²) in [6, 6.07) is 22.2. The van der Waals surface area contributed by atoms with Crippen molar-refractivity contribution >= 4 is 40.4 Å². The van der Waals surface area contributed by atoms with Gasteiger partial charge >= 0.3 is 5.97 Å². The molecule has 0 saturated heterocycles. The molecule has 2 heterocycles. The summed E-state index contributed by atoms with van der Waals surface area (Å²) in [5, 5.41) is 53.9. The average Bonchev–Trinajstić information content (AvgIpc) is 3.59. The lowest BCUT2D eigenvalue weighted by molar-refractivity contribution is 0.0697. The Labute approximate surface area is 310 Å². The van der Waals surface area contributed by atoms with E-state index in [1.807, 2.05) is 0 Å². The number of aromatic carboxylic acids is 1. The summed E-state index contributed by atoms with van der Waals surface area (Å²) < 4.78 is 5.88. The number of hydrogen-bond acceptors (Lipinski definition) is 9. The van der Waals surface area contributed by atoms with E-state index in [9.17, 15) is 39.6 Å². The number of halogens is 1. The van der Waals surface area contributed by atoms with E-state index < -0.39 is 17.8 Å². The Morgan fingerprint density at radius 3 is 2.30 bits per heavy atom. The number of aromatic nitrogens is 2. The van der Waals surface area contributed by atoms with E-state index in [1.54, 1.807) is 43.3 Å². The lowest BCUT2D eigenvalue weighted by atomic mass is 9.90. The molecule has 0 radical (unpaired) electrons. The van der Waals surface area contributed by atoms with Crippen molar-refractivity contribution in [2.24, 2.45) is 0 Å². The first-order valence-electron chi connectivity index (χ1n) is 16.5. The van der Waals surface area contributed by atoms with E-state index in [-0.39, 0.29) is 79.2 Å². The number of carboxylic acids is 1. The molecule has 7 N–H and O–H groups in total. The second-order valence-corrected chi connectivity index (χ2v) is 12.7. The van der Waals surface area contributed by atoms with Gasteiger partial charge < -0.3 is 35.5 Å². The van der Waals surface area contributed by atoms with E-state index in [2.05, 4.69) is 20.8 Å². The molecule has 13 nitrogen and oxygen atoms in total. The van der Waals surface area contributed by atoms with Crippen molar-refractivity contribution in [2.75, 3.05) is 6.54 Å². The van der Waals surface area contributed by atoms with E-state index in [0.29, 0.717) is 39.7 Å². The van der Waals surface area contributed by atoms with Crippen LogP contribution in [0, 0.1) is 0 Å². The molecule has 270 valence electrons. The fourth-order valence-electron chi connectivity index (χ4n) is 6.28. The minimum absolute atomic E-state index is 0.0226. The van der Waals surface area contributed by atoms with Crippen LogP contribution in [0.15, 0.2) is 100 Å². The second-order valence-electron chi connectivity index (χ2n) is 12.3. The Hall–Kier alpha value is -7.12. The first-order chi connectivity index (χ1) is 25.9. The molecule has 7 rings (SSSR count). The average molecular weight is 745 g/mol. The summed E-state index contributed by atoms with van der Waals surface area (Å²) in [5.74, 6) is -2.76. The molecule has 54 heavy (non-hydrogen) atoms. The van der Waals surface area contributed by atoms with Gasteiger partial charge in [0, 0.05) is 64.5 Å². The molecule has 2 amide bonds. The first-order valence-corrected chi connectivity index (χ1v) is 16.8. The van der Waals surface area contributed by atoms with Crippen LogP contribution in [0.4, 0.5) is 0 Å². The van der Waals surface area contributed by atoms with Gasteiger partial charge in [0.25, 0.3) is 11.8 Å². The summed E-state index contributed by atoms with van der Waals surface area (Å²) in [4.78, 5) is 51.1. The van der Waals surface area contributed by atoms with Crippen LogP contribution in [0.2, 0.25) is 5.02 Å². The van der Waals surface area contributed by atoms with Crippen molar-refractivity contribution < 1.29 is 39.2 Å². The highest BCUT2D eigenvalue weighted by atomic mass is 35.5. The van der Waals surface area contributed by atoms with Gasteiger partial charge in [-0.25, -0.2) is 4.79 Å². The van der Waals surface area contributed by atoms with Gasteiger partial charge in [-0.2, -0.15) is 5.10 Å². The van der Waals surface area contributed by atoms with Crippen LogP contribution in [-0.2, 0) is 6.54 Å². The molecule has 5 aromatic rings. The highest BCUT2D eigenvalue weighted by Crippen LogP contribution is 2.43. The maximum Gasteiger partial charge on any atom is 0.336 e. The normalized spacial score (nSPS) is 11.1. The monoisotopic (exact) mass is 744 g/mol. The SMILES string of the molecule is CCNC(=O)c1[nH]nc(-c2cc(Cl)c(O)cc2O)c1-c1ccc(CNC(=O)c2ccc(-c3c4ccc(=O)cc-4oc4cc(O)ccc34)c(C(=O)O)c2)cc1. The minimum Gasteiger partial charge on any atom is -0.508 e. The van der Waals surface area contributed by atoms with E-state index in [0.717, 1.165) is 6.07 Å². The summed E-state index contributed by atoms with van der Waals surface area (Å²) in [5.41, 5.74) is 3.17. The fourth-order valence-corrected chi connectivity index (χ4v) is 6.44. The smallest absolute Gasteiger partial charge is 0.336 e. The Kier molecular flexibility index (Phi) is 9.23. The highest BCUT2D eigenvalue weighted by molar-refractivity contribution is 6.32. The summed E-state index contributed by atoms with van der Waals surface area (Å²) >= 11 is 6.13. The van der Waals surface area contributed by atoms with Crippen LogP contribution in [0.5, 0.6) is 17.2 Å². The zero-order chi connectivity index (χ0) is 38.3. The molecule has 0 fully saturated rings. The molecule has 0 unspecified atom stereocenters. The van der Waals surface area contributed by atoms with Gasteiger partial charge in [0.1, 0.15) is 40.0 Å². The fraction of sp³-hybridized carbons (Fsp3) is 0.0750. The number of H-pyrrole nitrogens is 1. The largest absolute Gasteiger partial charge is 0.508 e. The number of hydrogen-bond donors (Lipinski definition) is 7. The number of carbonyl (C=O) groups excluding carboxylic acids is 2. The number of phenols is 3. The lowest BCUT2D eigenvalue weighted by Crippen LogP contribution is -2.23. The Balaban J connectivity index is 1.17. The molecule has 0 saturated carbocycles. The number of carbonyl (C=O) groups is 3. The van der Waals surface area contributed by atoms with Gasteiger partial charge in [0.15, 0.2) is 5.43 Å². The molecule has 4 aromatic carbocycles. The van der Waals surface area contributed by atoms with Gasteiger partial charge in [-0.05, 0) is 66.1 Å². The van der Waals surface area contributed by atoms with Crippen molar-refractivity contribution in [3.05, 3.63) is 129 Å². The number of amides is 2. The molecule has 1 aliphatic carbocycles. The number of fused-ring (bicyclic) bond motifs is 2. The van der Waals surface area contributed by atoms with Crippen molar-refractivity contribution in [1.82, 2.24) is 20.8 Å². The third kappa shape index (κ3) is 6.55. The van der Waals surface area contributed by atoms with Crippen LogP contribution >= 0.6 is 11.6 Å². The third-order valence-electron chi connectivity index (χ3n) is 8.81. The first kappa shape index (κ1) is 35.3. The van der Waals surface area contributed by atoms with Crippen LogP contribution in [0.3, 0.4) is 0 Å². The summed E-state index contributed by atoms with van der Waals surface area (Å²) in [6.07, 6.45) is 0. The van der Waals surface area contributed by atoms with Crippen molar-refractivity contribution in [1.29, 1.82) is 0 Å². The van der Waals surface area contributed by atoms with Crippen LogP contribution in [-0.4, -0.2) is 55.0 Å². The van der Waals surface area contributed by atoms with Crippen LogP contribution in [0.1, 0.15) is 43.7 Å². The van der Waals surface area contributed by atoms with Gasteiger partial charge in [-0.15, -0.1) is 0 Å². The zero-order valence-electron chi connectivity index (χ0n) is 28.2. The highest BCUT2D eigenvalue weighted by Gasteiger charge is 2.25. The molecule has 2 aliphatic rings. The number of nitrogens with one attached hydrogen (secondary N) is 3. The van der Waals surface area contributed by atoms with Gasteiger partial charge in [-0.3, -0.25) is 19.5 Å². The maximum atomic E-state index is 13.4. The Bertz CT molecular complexity index is 2670. The number of aromatic amines is 1. The van der Waals surface area contributed by atoms with Gasteiger partial charge in [0.2, 0.25) is 0 Å². The second kappa shape index (κ2) is 14.1. The molecule has 1 aliphatic heterocycles. The van der Waals surface area contributed by atoms with Crippen LogP contribution < -0.4 is 16.1 Å². The number of rotatable bonds is 9. The minimum atomic E-state index is -1.29.